The van der Waals surface area contributed by atoms with Crippen LogP contribution < -0.4 is 15.1 Å². The lowest BCUT2D eigenvalue weighted by molar-refractivity contribution is -0.159. The van der Waals surface area contributed by atoms with Crippen molar-refractivity contribution in [2.75, 3.05) is 42.6 Å². The summed E-state index contributed by atoms with van der Waals surface area (Å²) >= 11 is 3.70. The molecule has 1 aromatic carbocycles. The van der Waals surface area contributed by atoms with E-state index in [9.17, 15) is 24.3 Å². The van der Waals surface area contributed by atoms with Crippen LogP contribution in [0.4, 0.5) is 11.4 Å². The number of hydrogen-bond acceptors (Lipinski definition) is 8. The van der Waals surface area contributed by atoms with Crippen LogP contribution in [0.1, 0.15) is 53.9 Å². The Morgan fingerprint density at radius 3 is 2.35 bits per heavy atom. The van der Waals surface area contributed by atoms with Crippen molar-refractivity contribution >= 4 is 51.0 Å². The SMILES string of the molecule is C=CCCC(=O)NC[C@H](C)OC(=O)[C@@H]1[C@H]2O[C@@]3(CC2Br)[C@H](C(=O)N(CC=C)c2ccc(N(CC)CC)cc2)N([C@@H](CO)C(C)C)C(=O)[C@@H]13. The Kier molecular flexibility index (Phi) is 12.5. The first kappa shape index (κ1) is 37.6. The number of ether oxygens (including phenoxy) is 2. The molecule has 1 spiro atoms. The van der Waals surface area contributed by atoms with Gasteiger partial charge in [0.2, 0.25) is 11.8 Å². The summed E-state index contributed by atoms with van der Waals surface area (Å²) in [7, 11) is 0. The molecule has 0 aliphatic carbocycles. The number of fused-ring (bicyclic) bond motifs is 1. The standard InChI is InChI=1S/C36H51BrN4O7/c1-8-12-13-28(43)38-20-23(7)47-35(46)29-30-33(44)41(27(21-42)22(5)6)32(36(30)19-26(37)31(29)48-36)34(45)40(18-9-2)25-16-14-24(15-17-25)39(10-3)11-4/h8-9,14-17,22-23,26-27,29-32,42H,1-2,10-13,18-21H2,3-7H3,(H,38,43)/t23-,26?,27-,29-,30+,31-,32-,36+/m0/s1. The highest BCUT2D eigenvalue weighted by Gasteiger charge is 2.77. The summed E-state index contributed by atoms with van der Waals surface area (Å²) in [6, 6.07) is 5.90. The molecule has 3 saturated heterocycles. The molecule has 1 unspecified atom stereocenters. The van der Waals surface area contributed by atoms with Gasteiger partial charge in [0, 0.05) is 42.3 Å². The Bertz CT molecular complexity index is 1350. The van der Waals surface area contributed by atoms with Crippen molar-refractivity contribution in [3.05, 3.63) is 49.6 Å². The van der Waals surface area contributed by atoms with E-state index in [4.69, 9.17) is 9.47 Å². The van der Waals surface area contributed by atoms with Gasteiger partial charge >= 0.3 is 5.97 Å². The van der Waals surface area contributed by atoms with Gasteiger partial charge in [-0.05, 0) is 63.8 Å². The molecule has 0 radical (unpaired) electrons. The molecule has 0 saturated carbocycles. The number of rotatable bonds is 17. The number of allylic oxidation sites excluding steroid dienone is 1. The summed E-state index contributed by atoms with van der Waals surface area (Å²) in [6.07, 6.45) is 3.06. The van der Waals surface area contributed by atoms with Crippen LogP contribution in [0.3, 0.4) is 0 Å². The third kappa shape index (κ3) is 7.07. The summed E-state index contributed by atoms with van der Waals surface area (Å²) in [5, 5.41) is 13.3. The maximum atomic E-state index is 14.9. The van der Waals surface area contributed by atoms with Crippen molar-refractivity contribution in [2.45, 2.75) is 88.6 Å². The van der Waals surface area contributed by atoms with Gasteiger partial charge in [0.1, 0.15) is 17.7 Å². The summed E-state index contributed by atoms with van der Waals surface area (Å²) in [4.78, 5) is 60.4. The molecule has 8 atom stereocenters. The lowest BCUT2D eigenvalue weighted by Gasteiger charge is -2.40. The number of halogens is 1. The van der Waals surface area contributed by atoms with Gasteiger partial charge in [-0.1, -0.05) is 41.9 Å². The zero-order valence-electron chi connectivity index (χ0n) is 28.8. The van der Waals surface area contributed by atoms with Gasteiger partial charge in [0.25, 0.3) is 5.91 Å². The Labute approximate surface area is 292 Å². The summed E-state index contributed by atoms with van der Waals surface area (Å²) in [6.45, 7) is 18.7. The molecule has 3 fully saturated rings. The first-order valence-electron chi connectivity index (χ1n) is 17.0. The second-order valence-corrected chi connectivity index (χ2v) is 14.4. The zero-order chi connectivity index (χ0) is 35.3. The normalized spacial score (nSPS) is 27.0. The van der Waals surface area contributed by atoms with Crippen LogP contribution in [0.15, 0.2) is 49.6 Å². The molecule has 2 bridgehead atoms. The van der Waals surface area contributed by atoms with Crippen LogP contribution in [0.5, 0.6) is 0 Å². The Balaban J connectivity index is 1.69. The predicted molar refractivity (Wildman–Crippen MR) is 189 cm³/mol. The van der Waals surface area contributed by atoms with Gasteiger partial charge in [-0.15, -0.1) is 13.2 Å². The van der Waals surface area contributed by atoms with Gasteiger partial charge in [-0.3, -0.25) is 19.2 Å². The molecule has 1 aromatic rings. The number of nitrogens with zero attached hydrogens (tertiary/aromatic N) is 3. The number of aliphatic hydroxyl groups excluding tert-OH is 1. The molecule has 3 amide bonds. The van der Waals surface area contributed by atoms with Crippen molar-refractivity contribution in [2.24, 2.45) is 17.8 Å². The average Bonchev–Trinajstić information content (AvgIpc) is 3.66. The van der Waals surface area contributed by atoms with Gasteiger partial charge in [-0.2, -0.15) is 0 Å². The van der Waals surface area contributed by atoms with Crippen molar-refractivity contribution < 1.29 is 33.8 Å². The minimum atomic E-state index is -1.33. The number of anilines is 2. The zero-order valence-corrected chi connectivity index (χ0v) is 30.4. The number of amides is 3. The number of likely N-dealkylation sites (tertiary alicyclic amines) is 1. The van der Waals surface area contributed by atoms with Gasteiger partial charge < -0.3 is 34.6 Å². The fourth-order valence-corrected chi connectivity index (χ4v) is 8.47. The maximum Gasteiger partial charge on any atom is 0.312 e. The van der Waals surface area contributed by atoms with Crippen molar-refractivity contribution in [1.82, 2.24) is 10.2 Å². The first-order valence-corrected chi connectivity index (χ1v) is 17.9. The number of benzene rings is 1. The quantitative estimate of drug-likeness (QED) is 0.141. The minimum Gasteiger partial charge on any atom is -0.460 e. The molecule has 3 aliphatic rings. The molecule has 2 N–H and O–H groups in total. The number of alkyl halides is 1. The summed E-state index contributed by atoms with van der Waals surface area (Å²) in [5.74, 6) is -3.75. The van der Waals surface area contributed by atoms with Crippen molar-refractivity contribution in [3.63, 3.8) is 0 Å². The van der Waals surface area contributed by atoms with E-state index in [1.54, 1.807) is 24.0 Å². The average molecular weight is 732 g/mol. The van der Waals surface area contributed by atoms with Crippen LogP contribution in [-0.4, -0.2) is 101 Å². The molecule has 4 rings (SSSR count). The highest BCUT2D eigenvalue weighted by atomic mass is 79.9. The van der Waals surface area contributed by atoms with Gasteiger partial charge in [0.05, 0.1) is 37.1 Å². The lowest BCUT2D eigenvalue weighted by Crippen LogP contribution is -2.60. The second kappa shape index (κ2) is 16.0. The molecule has 3 heterocycles. The topological polar surface area (TPSA) is 129 Å². The van der Waals surface area contributed by atoms with E-state index < -0.39 is 53.6 Å². The molecule has 264 valence electrons. The molecule has 12 heteroatoms. The van der Waals surface area contributed by atoms with Crippen LogP contribution in [0.25, 0.3) is 0 Å². The number of carbonyl (C=O) groups is 4. The Hall–Kier alpha value is -3.22. The molecule has 11 nitrogen and oxygen atoms in total. The molecule has 3 aliphatic heterocycles. The fourth-order valence-electron chi connectivity index (χ4n) is 7.52. The fraction of sp³-hybridized carbons (Fsp3) is 0.611. The van der Waals surface area contributed by atoms with Gasteiger partial charge in [0.15, 0.2) is 0 Å². The molecule has 0 aromatic heterocycles. The highest BCUT2D eigenvalue weighted by molar-refractivity contribution is 9.09. The van der Waals surface area contributed by atoms with Crippen LogP contribution in [0, 0.1) is 17.8 Å². The number of carbonyl (C=O) groups excluding carboxylic acids is 4. The van der Waals surface area contributed by atoms with Crippen LogP contribution in [0.2, 0.25) is 0 Å². The van der Waals surface area contributed by atoms with E-state index >= 15 is 0 Å². The van der Waals surface area contributed by atoms with E-state index in [-0.39, 0.29) is 48.7 Å². The Morgan fingerprint density at radius 1 is 1.15 bits per heavy atom. The largest absolute Gasteiger partial charge is 0.460 e. The molecule has 48 heavy (non-hydrogen) atoms. The summed E-state index contributed by atoms with van der Waals surface area (Å²) < 4.78 is 12.5. The smallest absolute Gasteiger partial charge is 0.312 e. The van der Waals surface area contributed by atoms with Crippen molar-refractivity contribution in [1.29, 1.82) is 0 Å². The monoisotopic (exact) mass is 730 g/mol. The molecular weight excluding hydrogens is 680 g/mol. The first-order chi connectivity index (χ1) is 22.9. The minimum absolute atomic E-state index is 0.109. The predicted octanol–water partition coefficient (Wildman–Crippen LogP) is 3.83. The van der Waals surface area contributed by atoms with Crippen LogP contribution >= 0.6 is 15.9 Å². The van der Waals surface area contributed by atoms with E-state index in [0.717, 1.165) is 18.8 Å². The number of aliphatic hydroxyl groups is 1. The third-order valence-corrected chi connectivity index (χ3v) is 10.7. The number of hydrogen-bond donors (Lipinski definition) is 2. The second-order valence-electron chi connectivity index (χ2n) is 13.2. The number of nitrogens with one attached hydrogen (secondary N) is 1. The highest BCUT2D eigenvalue weighted by Crippen LogP contribution is 2.61. The number of esters is 1. The van der Waals surface area contributed by atoms with E-state index in [0.29, 0.717) is 18.5 Å². The van der Waals surface area contributed by atoms with E-state index in [1.165, 1.54) is 4.90 Å². The molecular formula is C36H51BrN4O7. The van der Waals surface area contributed by atoms with E-state index in [2.05, 4.69) is 53.2 Å². The summed E-state index contributed by atoms with van der Waals surface area (Å²) in [5.41, 5.74) is 0.330. The van der Waals surface area contributed by atoms with Crippen LogP contribution in [-0.2, 0) is 28.7 Å². The van der Waals surface area contributed by atoms with E-state index in [1.807, 2.05) is 38.1 Å². The Morgan fingerprint density at radius 2 is 1.79 bits per heavy atom. The van der Waals surface area contributed by atoms with Crippen molar-refractivity contribution in [3.8, 4) is 0 Å². The third-order valence-electron chi connectivity index (χ3n) is 9.89. The lowest BCUT2D eigenvalue weighted by atomic mass is 9.70. The maximum absolute atomic E-state index is 14.9. The van der Waals surface area contributed by atoms with Gasteiger partial charge in [-0.25, -0.2) is 0 Å².